The molecule has 0 unspecified atom stereocenters. The Morgan fingerprint density at radius 3 is 2.84 bits per heavy atom. The van der Waals surface area contributed by atoms with E-state index in [-0.39, 0.29) is 36.7 Å². The van der Waals surface area contributed by atoms with Crippen LogP contribution in [0.25, 0.3) is 0 Å². The molecule has 8 heteroatoms. The molecule has 8 nitrogen and oxygen atoms in total. The summed E-state index contributed by atoms with van der Waals surface area (Å²) in [6, 6.07) is 4.09. The van der Waals surface area contributed by atoms with Gasteiger partial charge in [-0.3, -0.25) is 19.7 Å². The highest BCUT2D eigenvalue weighted by molar-refractivity contribution is 5.79. The van der Waals surface area contributed by atoms with Gasteiger partial charge in [0.1, 0.15) is 18.6 Å². The second kappa shape index (κ2) is 7.07. The SMILES string of the molecule is NC(=O)COCCNc1ccc(C=O)cc1[N+](=O)[O-]. The maximum atomic E-state index is 10.8. The highest BCUT2D eigenvalue weighted by Crippen LogP contribution is 2.24. The minimum absolute atomic E-state index is 0.176. The number of carbonyl (C=O) groups excluding carboxylic acids is 2. The summed E-state index contributed by atoms with van der Waals surface area (Å²) < 4.78 is 4.90. The summed E-state index contributed by atoms with van der Waals surface area (Å²) in [7, 11) is 0. The zero-order chi connectivity index (χ0) is 14.3. The number of nitrogens with two attached hydrogens (primary N) is 1. The number of amides is 1. The van der Waals surface area contributed by atoms with Gasteiger partial charge in [-0.05, 0) is 12.1 Å². The normalized spacial score (nSPS) is 9.89. The molecule has 3 N–H and O–H groups in total. The first-order valence-corrected chi connectivity index (χ1v) is 5.38. The first-order valence-electron chi connectivity index (χ1n) is 5.38. The van der Waals surface area contributed by atoms with Gasteiger partial charge >= 0.3 is 0 Å². The fraction of sp³-hybridized carbons (Fsp3) is 0.273. The second-order valence-corrected chi connectivity index (χ2v) is 3.60. The number of rotatable bonds is 8. The van der Waals surface area contributed by atoms with Gasteiger partial charge in [-0.1, -0.05) is 0 Å². The second-order valence-electron chi connectivity index (χ2n) is 3.60. The van der Waals surface area contributed by atoms with Gasteiger partial charge in [0.25, 0.3) is 5.69 Å². The number of benzene rings is 1. The lowest BCUT2D eigenvalue weighted by Gasteiger charge is -2.07. The lowest BCUT2D eigenvalue weighted by Crippen LogP contribution is -2.20. The van der Waals surface area contributed by atoms with E-state index in [9.17, 15) is 19.7 Å². The van der Waals surface area contributed by atoms with Crippen LogP contribution in [0.5, 0.6) is 0 Å². The Hall–Kier alpha value is -2.48. The largest absolute Gasteiger partial charge is 0.377 e. The lowest BCUT2D eigenvalue weighted by atomic mass is 10.2. The van der Waals surface area contributed by atoms with Crippen molar-refractivity contribution in [2.45, 2.75) is 0 Å². The average Bonchev–Trinajstić information content (AvgIpc) is 2.38. The number of nitrogens with one attached hydrogen (secondary N) is 1. The Balaban J connectivity index is 2.60. The van der Waals surface area contributed by atoms with Crippen LogP contribution < -0.4 is 11.1 Å². The van der Waals surface area contributed by atoms with Crippen LogP contribution in [-0.2, 0) is 9.53 Å². The minimum Gasteiger partial charge on any atom is -0.377 e. The van der Waals surface area contributed by atoms with E-state index in [0.717, 1.165) is 0 Å². The predicted molar refractivity (Wildman–Crippen MR) is 67.0 cm³/mol. The number of ether oxygens (including phenoxy) is 1. The van der Waals surface area contributed by atoms with E-state index in [1.54, 1.807) is 0 Å². The highest BCUT2D eigenvalue weighted by atomic mass is 16.6. The van der Waals surface area contributed by atoms with Crippen molar-refractivity contribution in [1.29, 1.82) is 0 Å². The van der Waals surface area contributed by atoms with Crippen molar-refractivity contribution >= 4 is 23.6 Å². The number of anilines is 1. The number of aldehydes is 1. The van der Waals surface area contributed by atoms with Gasteiger partial charge in [0, 0.05) is 18.2 Å². The molecule has 0 aromatic heterocycles. The third-order valence-electron chi connectivity index (χ3n) is 2.16. The Bertz CT molecular complexity index is 489. The third kappa shape index (κ3) is 4.72. The first kappa shape index (κ1) is 14.6. The summed E-state index contributed by atoms with van der Waals surface area (Å²) in [6.07, 6.45) is 0.534. The summed E-state index contributed by atoms with van der Waals surface area (Å²) >= 11 is 0. The Morgan fingerprint density at radius 2 is 2.26 bits per heavy atom. The molecule has 0 bridgehead atoms. The monoisotopic (exact) mass is 267 g/mol. The van der Waals surface area contributed by atoms with Gasteiger partial charge < -0.3 is 15.8 Å². The zero-order valence-corrected chi connectivity index (χ0v) is 10.00. The van der Waals surface area contributed by atoms with Crippen LogP contribution >= 0.6 is 0 Å². The molecular weight excluding hydrogens is 254 g/mol. The van der Waals surface area contributed by atoms with Crippen molar-refractivity contribution in [1.82, 2.24) is 0 Å². The molecule has 0 atom stereocenters. The molecular formula is C11H13N3O5. The van der Waals surface area contributed by atoms with Crippen molar-refractivity contribution in [2.75, 3.05) is 25.1 Å². The molecule has 0 saturated carbocycles. The van der Waals surface area contributed by atoms with Gasteiger partial charge in [-0.15, -0.1) is 0 Å². The topological polar surface area (TPSA) is 125 Å². The molecule has 102 valence electrons. The molecule has 0 spiro atoms. The molecule has 0 aliphatic heterocycles. The fourth-order valence-corrected chi connectivity index (χ4v) is 1.35. The molecule has 0 fully saturated rings. The van der Waals surface area contributed by atoms with E-state index in [1.165, 1.54) is 18.2 Å². The quantitative estimate of drug-likeness (QED) is 0.302. The number of hydrogen-bond donors (Lipinski definition) is 2. The zero-order valence-electron chi connectivity index (χ0n) is 10.00. The van der Waals surface area contributed by atoms with E-state index in [0.29, 0.717) is 6.29 Å². The van der Waals surface area contributed by atoms with Crippen molar-refractivity contribution in [3.8, 4) is 0 Å². The molecule has 19 heavy (non-hydrogen) atoms. The summed E-state index contributed by atoms with van der Waals surface area (Å²) in [5.74, 6) is -0.582. The number of hydrogen-bond acceptors (Lipinski definition) is 6. The highest BCUT2D eigenvalue weighted by Gasteiger charge is 2.13. The number of carbonyl (C=O) groups is 2. The Labute approximate surface area is 108 Å². The lowest BCUT2D eigenvalue weighted by molar-refractivity contribution is -0.384. The molecule has 1 rings (SSSR count). The van der Waals surface area contributed by atoms with Crippen LogP contribution in [0.3, 0.4) is 0 Å². The van der Waals surface area contributed by atoms with Gasteiger partial charge in [0.2, 0.25) is 5.91 Å². The van der Waals surface area contributed by atoms with Crippen LogP contribution in [0.1, 0.15) is 10.4 Å². The maximum Gasteiger partial charge on any atom is 0.293 e. The Kier molecular flexibility index (Phi) is 5.42. The van der Waals surface area contributed by atoms with Gasteiger partial charge in [-0.2, -0.15) is 0 Å². The van der Waals surface area contributed by atoms with Crippen LogP contribution in [0.4, 0.5) is 11.4 Å². The summed E-state index contributed by atoms with van der Waals surface area (Å²) in [5.41, 5.74) is 5.18. The molecule has 1 aromatic carbocycles. The fourth-order valence-electron chi connectivity index (χ4n) is 1.35. The van der Waals surface area contributed by atoms with E-state index >= 15 is 0 Å². The number of nitro groups is 1. The summed E-state index contributed by atoms with van der Waals surface area (Å²) in [6.45, 7) is 0.248. The van der Waals surface area contributed by atoms with Crippen LogP contribution in [-0.4, -0.2) is 36.9 Å². The van der Waals surface area contributed by atoms with Crippen molar-refractivity contribution in [3.05, 3.63) is 33.9 Å². The Morgan fingerprint density at radius 1 is 1.53 bits per heavy atom. The van der Waals surface area contributed by atoms with Crippen LogP contribution in [0.15, 0.2) is 18.2 Å². The minimum atomic E-state index is -0.584. The molecule has 0 aliphatic rings. The average molecular weight is 267 g/mol. The molecule has 0 saturated heterocycles. The molecule has 0 radical (unpaired) electrons. The predicted octanol–water partition coefficient (Wildman–Crippen LogP) is 0.321. The first-order chi connectivity index (χ1) is 9.04. The van der Waals surface area contributed by atoms with E-state index in [4.69, 9.17) is 10.5 Å². The van der Waals surface area contributed by atoms with Gasteiger partial charge in [0.05, 0.1) is 11.5 Å². The summed E-state index contributed by atoms with van der Waals surface area (Å²) in [5, 5.41) is 13.6. The van der Waals surface area contributed by atoms with E-state index < -0.39 is 10.8 Å². The molecule has 0 aliphatic carbocycles. The molecule has 1 amide bonds. The molecule has 1 aromatic rings. The van der Waals surface area contributed by atoms with E-state index in [1.807, 2.05) is 0 Å². The number of nitrogens with zero attached hydrogens (tertiary/aromatic N) is 1. The van der Waals surface area contributed by atoms with E-state index in [2.05, 4.69) is 5.32 Å². The van der Waals surface area contributed by atoms with Gasteiger partial charge in [0.15, 0.2) is 0 Å². The maximum absolute atomic E-state index is 10.8. The number of primary amides is 1. The third-order valence-corrected chi connectivity index (χ3v) is 2.16. The standard InChI is InChI=1S/C11H13N3O5/c12-11(16)7-19-4-3-13-9-2-1-8(6-15)5-10(9)14(17)18/h1-2,5-6,13H,3-4,7H2,(H2,12,16). The van der Waals surface area contributed by atoms with Gasteiger partial charge in [-0.25, -0.2) is 0 Å². The van der Waals surface area contributed by atoms with Crippen LogP contribution in [0.2, 0.25) is 0 Å². The van der Waals surface area contributed by atoms with Crippen molar-refractivity contribution < 1.29 is 19.2 Å². The van der Waals surface area contributed by atoms with Crippen molar-refractivity contribution in [3.63, 3.8) is 0 Å². The number of nitro benzene ring substituents is 1. The van der Waals surface area contributed by atoms with Crippen LogP contribution in [0, 0.1) is 10.1 Å². The summed E-state index contributed by atoms with van der Waals surface area (Å²) in [4.78, 5) is 31.2. The smallest absolute Gasteiger partial charge is 0.293 e. The molecule has 0 heterocycles. The van der Waals surface area contributed by atoms with Crippen molar-refractivity contribution in [2.24, 2.45) is 5.73 Å².